The molecule has 0 aliphatic rings. The van der Waals surface area contributed by atoms with Gasteiger partial charge in [0.05, 0.1) is 6.61 Å². The molecule has 0 fully saturated rings. The first-order valence-corrected chi connectivity index (χ1v) is 8.36. The number of nitrogens with two attached hydrogens (primary N) is 1. The van der Waals surface area contributed by atoms with E-state index in [2.05, 4.69) is 5.32 Å². The molecular weight excluding hydrogens is 373 g/mol. The summed E-state index contributed by atoms with van der Waals surface area (Å²) in [7, 11) is 0. The van der Waals surface area contributed by atoms with Crippen LogP contribution in [-0.2, 0) is 0 Å². The van der Waals surface area contributed by atoms with Crippen molar-refractivity contribution >= 4 is 34.8 Å². The largest absolute Gasteiger partial charge is 0.490 e. The Morgan fingerprint density at radius 3 is 2.40 bits per heavy atom. The highest BCUT2D eigenvalue weighted by Gasteiger charge is 2.29. The standard InChI is InChI=1S/C16H15F3N2O2S2/c1-2-22-14-9-10(21-15(20)24)3-8-13(14)23-11-4-6-12(7-5-11)25-16(17,18)19/h3-9H,2H2,1H3,(H3,20,21,24). The van der Waals surface area contributed by atoms with Crippen LogP contribution in [0.5, 0.6) is 17.2 Å². The Morgan fingerprint density at radius 1 is 1.16 bits per heavy atom. The summed E-state index contributed by atoms with van der Waals surface area (Å²) in [6.45, 7) is 2.23. The predicted octanol–water partition coefficient (Wildman–Crippen LogP) is 5.15. The third-order valence-electron chi connectivity index (χ3n) is 2.80. The highest BCUT2D eigenvalue weighted by Crippen LogP contribution is 2.38. The Bertz CT molecular complexity index is 737. The lowest BCUT2D eigenvalue weighted by molar-refractivity contribution is -0.0328. The van der Waals surface area contributed by atoms with Gasteiger partial charge < -0.3 is 20.5 Å². The molecule has 0 aliphatic carbocycles. The van der Waals surface area contributed by atoms with Gasteiger partial charge in [0.15, 0.2) is 16.6 Å². The number of nitrogens with one attached hydrogen (secondary N) is 1. The molecule has 0 heterocycles. The molecule has 3 N–H and O–H groups in total. The van der Waals surface area contributed by atoms with Crippen LogP contribution >= 0.6 is 24.0 Å². The molecule has 4 nitrogen and oxygen atoms in total. The second kappa shape index (κ2) is 8.30. The SMILES string of the molecule is CCOc1cc(NC(N)=S)ccc1Oc1ccc(SC(F)(F)F)cc1. The zero-order valence-electron chi connectivity index (χ0n) is 13.1. The van der Waals surface area contributed by atoms with Crippen LogP contribution in [0.15, 0.2) is 47.4 Å². The Kier molecular flexibility index (Phi) is 6.38. The summed E-state index contributed by atoms with van der Waals surface area (Å²) >= 11 is 4.61. The van der Waals surface area contributed by atoms with Gasteiger partial charge >= 0.3 is 5.51 Å². The van der Waals surface area contributed by atoms with Gasteiger partial charge in [-0.2, -0.15) is 13.2 Å². The minimum absolute atomic E-state index is 0.0842. The van der Waals surface area contributed by atoms with Crippen LogP contribution in [0, 0.1) is 0 Å². The van der Waals surface area contributed by atoms with E-state index in [1.807, 2.05) is 6.92 Å². The molecule has 0 atom stereocenters. The molecule has 0 saturated heterocycles. The zero-order chi connectivity index (χ0) is 18.4. The molecule has 2 rings (SSSR count). The summed E-state index contributed by atoms with van der Waals surface area (Å²) in [5, 5.41) is 2.91. The van der Waals surface area contributed by atoms with Gasteiger partial charge in [0.25, 0.3) is 0 Å². The van der Waals surface area contributed by atoms with Crippen molar-refractivity contribution in [1.29, 1.82) is 0 Å². The maximum absolute atomic E-state index is 12.3. The highest BCUT2D eigenvalue weighted by molar-refractivity contribution is 8.00. The van der Waals surface area contributed by atoms with Crippen LogP contribution in [0.2, 0.25) is 0 Å². The fourth-order valence-electron chi connectivity index (χ4n) is 1.92. The third-order valence-corrected chi connectivity index (χ3v) is 3.64. The first-order chi connectivity index (χ1) is 11.8. The highest BCUT2D eigenvalue weighted by atomic mass is 32.2. The van der Waals surface area contributed by atoms with Crippen LogP contribution in [0.1, 0.15) is 6.92 Å². The van der Waals surface area contributed by atoms with Gasteiger partial charge in [0.1, 0.15) is 5.75 Å². The summed E-state index contributed by atoms with van der Waals surface area (Å²) in [6, 6.07) is 10.6. The van der Waals surface area contributed by atoms with Gasteiger partial charge in [-0.25, -0.2) is 0 Å². The van der Waals surface area contributed by atoms with Crippen LogP contribution in [-0.4, -0.2) is 17.2 Å². The molecule has 2 aromatic carbocycles. The number of alkyl halides is 3. The van der Waals surface area contributed by atoms with Crippen LogP contribution in [0.25, 0.3) is 0 Å². The lowest BCUT2D eigenvalue weighted by atomic mass is 10.2. The van der Waals surface area contributed by atoms with E-state index < -0.39 is 5.51 Å². The number of anilines is 1. The normalized spacial score (nSPS) is 11.0. The number of benzene rings is 2. The van der Waals surface area contributed by atoms with Crippen molar-refractivity contribution in [2.45, 2.75) is 17.3 Å². The lowest BCUT2D eigenvalue weighted by Crippen LogP contribution is -2.18. The number of hydrogen-bond acceptors (Lipinski definition) is 4. The Hall–Kier alpha value is -2.13. The van der Waals surface area contributed by atoms with Crippen molar-refractivity contribution in [1.82, 2.24) is 0 Å². The number of halogens is 3. The van der Waals surface area contributed by atoms with Gasteiger partial charge in [-0.15, -0.1) is 0 Å². The van der Waals surface area contributed by atoms with Crippen molar-refractivity contribution < 1.29 is 22.6 Å². The van der Waals surface area contributed by atoms with E-state index in [0.717, 1.165) is 0 Å². The molecule has 0 aliphatic heterocycles. The smallest absolute Gasteiger partial charge is 0.446 e. The first-order valence-electron chi connectivity index (χ1n) is 7.14. The Balaban J connectivity index is 2.16. The van der Waals surface area contributed by atoms with Crippen molar-refractivity contribution in [3.8, 4) is 17.2 Å². The average molecular weight is 388 g/mol. The molecule has 0 aromatic heterocycles. The average Bonchev–Trinajstić information content (AvgIpc) is 2.50. The Morgan fingerprint density at radius 2 is 1.84 bits per heavy atom. The summed E-state index contributed by atoms with van der Waals surface area (Å²) in [4.78, 5) is 0.0842. The molecule has 0 bridgehead atoms. The maximum Gasteiger partial charge on any atom is 0.446 e. The molecular formula is C16H15F3N2O2S2. The van der Waals surface area contributed by atoms with Crippen LogP contribution in [0.3, 0.4) is 0 Å². The van der Waals surface area contributed by atoms with Crippen molar-refractivity contribution in [3.05, 3.63) is 42.5 Å². The summed E-state index contributed by atoms with van der Waals surface area (Å²) in [5.74, 6) is 1.27. The first kappa shape index (κ1) is 19.2. The number of hydrogen-bond donors (Lipinski definition) is 2. The summed E-state index contributed by atoms with van der Waals surface area (Å²) in [5.41, 5.74) is 1.75. The Labute approximate surface area is 152 Å². The van der Waals surface area contributed by atoms with E-state index in [1.54, 1.807) is 18.2 Å². The van der Waals surface area contributed by atoms with Gasteiger partial charge in [-0.1, -0.05) is 0 Å². The van der Waals surface area contributed by atoms with Gasteiger partial charge in [-0.05, 0) is 67.3 Å². The van der Waals surface area contributed by atoms with E-state index >= 15 is 0 Å². The molecule has 0 unspecified atom stereocenters. The predicted molar refractivity (Wildman–Crippen MR) is 96.4 cm³/mol. The molecule has 0 amide bonds. The number of thioether (sulfide) groups is 1. The van der Waals surface area contributed by atoms with E-state index in [4.69, 9.17) is 27.4 Å². The van der Waals surface area contributed by atoms with E-state index in [9.17, 15) is 13.2 Å². The quantitative estimate of drug-likeness (QED) is 0.528. The second-order valence-electron chi connectivity index (χ2n) is 4.71. The maximum atomic E-state index is 12.3. The third kappa shape index (κ3) is 6.35. The van der Waals surface area contributed by atoms with Crippen molar-refractivity contribution in [2.24, 2.45) is 5.73 Å². The molecule has 2 aromatic rings. The summed E-state index contributed by atoms with van der Waals surface area (Å²) in [6.07, 6.45) is 0. The topological polar surface area (TPSA) is 56.5 Å². The molecule has 9 heteroatoms. The minimum Gasteiger partial charge on any atom is -0.490 e. The fraction of sp³-hybridized carbons (Fsp3) is 0.188. The summed E-state index contributed by atoms with van der Waals surface area (Å²) < 4.78 is 48.3. The monoisotopic (exact) mass is 388 g/mol. The lowest BCUT2D eigenvalue weighted by Gasteiger charge is -2.14. The van der Waals surface area contributed by atoms with E-state index in [0.29, 0.717) is 29.5 Å². The van der Waals surface area contributed by atoms with E-state index in [-0.39, 0.29) is 21.8 Å². The minimum atomic E-state index is -4.32. The fourth-order valence-corrected chi connectivity index (χ4v) is 2.57. The molecule has 134 valence electrons. The molecule has 0 radical (unpaired) electrons. The van der Waals surface area contributed by atoms with Gasteiger partial charge in [0, 0.05) is 16.6 Å². The van der Waals surface area contributed by atoms with Crippen molar-refractivity contribution in [2.75, 3.05) is 11.9 Å². The number of thiocarbonyl (C=S) groups is 1. The van der Waals surface area contributed by atoms with E-state index in [1.165, 1.54) is 24.3 Å². The number of rotatable bonds is 6. The molecule has 0 spiro atoms. The van der Waals surface area contributed by atoms with Crippen molar-refractivity contribution in [3.63, 3.8) is 0 Å². The number of ether oxygens (including phenoxy) is 2. The van der Waals surface area contributed by atoms with Gasteiger partial charge in [-0.3, -0.25) is 0 Å². The van der Waals surface area contributed by atoms with Crippen LogP contribution in [0.4, 0.5) is 18.9 Å². The second-order valence-corrected chi connectivity index (χ2v) is 6.28. The van der Waals surface area contributed by atoms with Crippen LogP contribution < -0.4 is 20.5 Å². The molecule has 0 saturated carbocycles. The van der Waals surface area contributed by atoms with Gasteiger partial charge in [0.2, 0.25) is 0 Å². The zero-order valence-corrected chi connectivity index (χ0v) is 14.7. The molecule has 25 heavy (non-hydrogen) atoms.